The van der Waals surface area contributed by atoms with Crippen LogP contribution in [0.25, 0.3) is 0 Å². The molecule has 0 aromatic rings. The van der Waals surface area contributed by atoms with Gasteiger partial charge in [-0.15, -0.1) is 0 Å². The summed E-state index contributed by atoms with van der Waals surface area (Å²) in [6.45, 7) is 1.55. The molecule has 0 aromatic heterocycles. The van der Waals surface area contributed by atoms with Crippen LogP contribution in [0.3, 0.4) is 0 Å². The smallest absolute Gasteiger partial charge is 0.330 e. The number of rotatable bonds is 3. The van der Waals surface area contributed by atoms with Gasteiger partial charge in [0.1, 0.15) is 0 Å². The van der Waals surface area contributed by atoms with Gasteiger partial charge >= 0.3 is 21.1 Å². The zero-order valence-corrected chi connectivity index (χ0v) is 6.57. The van der Waals surface area contributed by atoms with E-state index in [0.717, 1.165) is 25.9 Å². The molecule has 0 radical (unpaired) electrons. The van der Waals surface area contributed by atoms with Crippen molar-refractivity contribution >= 4 is 0 Å². The summed E-state index contributed by atoms with van der Waals surface area (Å²) in [5, 5.41) is 0. The quantitative estimate of drug-likeness (QED) is 0.698. The van der Waals surface area contributed by atoms with Crippen LogP contribution < -0.4 is 11.5 Å². The predicted octanol–water partition coefficient (Wildman–Crippen LogP) is -0.318. The largest absolute Gasteiger partial charge is 2.00 e. The van der Waals surface area contributed by atoms with Gasteiger partial charge in [-0.3, -0.25) is 0 Å². The second-order valence-corrected chi connectivity index (χ2v) is 1.28. The Labute approximate surface area is 58.9 Å². The van der Waals surface area contributed by atoms with Gasteiger partial charge in [0.2, 0.25) is 0 Å². The minimum absolute atomic E-state index is 0. The Balaban J connectivity index is 0. The van der Waals surface area contributed by atoms with Gasteiger partial charge in [-0.2, -0.15) is 0 Å². The van der Waals surface area contributed by atoms with E-state index in [1.165, 1.54) is 0 Å². The summed E-state index contributed by atoms with van der Waals surface area (Å²) < 4.78 is 0. The van der Waals surface area contributed by atoms with Gasteiger partial charge in [-0.1, -0.05) is 0 Å². The van der Waals surface area contributed by atoms with E-state index in [1.54, 1.807) is 0 Å². The van der Waals surface area contributed by atoms with Crippen LogP contribution in [-0.4, -0.2) is 13.1 Å². The number of unbranched alkanes of at least 4 members (excludes halogenated alkanes) is 1. The minimum atomic E-state index is 0. The van der Waals surface area contributed by atoms with E-state index in [9.17, 15) is 0 Å². The first-order chi connectivity index (χ1) is 2.91. The van der Waals surface area contributed by atoms with Crippen molar-refractivity contribution in [3.63, 3.8) is 0 Å². The van der Waals surface area contributed by atoms with Crippen molar-refractivity contribution in [3.05, 3.63) is 0 Å². The fraction of sp³-hybridized carbons (Fsp3) is 1.00. The first-order valence-corrected chi connectivity index (χ1v) is 2.32. The molecule has 3 heteroatoms. The van der Waals surface area contributed by atoms with Crippen molar-refractivity contribution < 1.29 is 21.1 Å². The van der Waals surface area contributed by atoms with Crippen LogP contribution in [0.15, 0.2) is 0 Å². The standard InChI is InChI=1S/C4H12N2.Pt/c5-3-1-2-4-6;/h1-6H2;/q;+2. The molecule has 0 bridgehead atoms. The molecule has 0 atom stereocenters. The molecule has 2 nitrogen and oxygen atoms in total. The Kier molecular flexibility index (Phi) is 14.8. The predicted molar refractivity (Wildman–Crippen MR) is 27.3 cm³/mol. The molecule has 0 spiro atoms. The maximum absolute atomic E-state index is 5.16. The minimum Gasteiger partial charge on any atom is -0.330 e. The molecule has 0 aliphatic rings. The Morgan fingerprint density at radius 1 is 0.857 bits per heavy atom. The second kappa shape index (κ2) is 9.79. The van der Waals surface area contributed by atoms with Gasteiger partial charge in [0.15, 0.2) is 0 Å². The molecule has 46 valence electrons. The van der Waals surface area contributed by atoms with Gasteiger partial charge in [-0.25, -0.2) is 0 Å². The summed E-state index contributed by atoms with van der Waals surface area (Å²) in [6.07, 6.45) is 2.13. The molecule has 0 aliphatic heterocycles. The number of nitrogens with two attached hydrogens (primary N) is 2. The molecule has 0 fully saturated rings. The molecule has 0 heterocycles. The Bertz CT molecular complexity index is 21.7. The van der Waals surface area contributed by atoms with Gasteiger partial charge in [0.05, 0.1) is 0 Å². The van der Waals surface area contributed by atoms with Gasteiger partial charge in [0, 0.05) is 0 Å². The van der Waals surface area contributed by atoms with Crippen molar-refractivity contribution in [2.75, 3.05) is 13.1 Å². The van der Waals surface area contributed by atoms with Crippen LogP contribution >= 0.6 is 0 Å². The van der Waals surface area contributed by atoms with E-state index in [2.05, 4.69) is 0 Å². The average molecular weight is 283 g/mol. The molecule has 0 saturated carbocycles. The Morgan fingerprint density at radius 3 is 1.29 bits per heavy atom. The summed E-state index contributed by atoms with van der Waals surface area (Å²) in [4.78, 5) is 0. The molecule has 4 N–H and O–H groups in total. The monoisotopic (exact) mass is 283 g/mol. The molecule has 0 aliphatic carbocycles. The van der Waals surface area contributed by atoms with Crippen molar-refractivity contribution in [1.29, 1.82) is 0 Å². The molecule has 0 amide bonds. The van der Waals surface area contributed by atoms with Crippen molar-refractivity contribution in [2.24, 2.45) is 11.5 Å². The Hall–Kier alpha value is 0.608. The molecule has 7 heavy (non-hydrogen) atoms. The topological polar surface area (TPSA) is 52.0 Å². The summed E-state index contributed by atoms with van der Waals surface area (Å²) in [5.74, 6) is 0. The van der Waals surface area contributed by atoms with Crippen LogP contribution in [0, 0.1) is 0 Å². The number of hydrogen-bond donors (Lipinski definition) is 2. The molecule has 0 unspecified atom stereocenters. The second-order valence-electron chi connectivity index (χ2n) is 1.28. The first-order valence-electron chi connectivity index (χ1n) is 2.32. The van der Waals surface area contributed by atoms with Crippen LogP contribution in [-0.2, 0) is 21.1 Å². The molecular weight excluding hydrogens is 271 g/mol. The normalized spacial score (nSPS) is 7.71. The van der Waals surface area contributed by atoms with Crippen molar-refractivity contribution in [3.8, 4) is 0 Å². The van der Waals surface area contributed by atoms with Crippen LogP contribution in [0.4, 0.5) is 0 Å². The molecular formula is C4H12N2Pt+2. The van der Waals surface area contributed by atoms with E-state index in [4.69, 9.17) is 11.5 Å². The fourth-order valence-corrected chi connectivity index (χ4v) is 0.289. The third-order valence-corrected chi connectivity index (χ3v) is 0.658. The third kappa shape index (κ3) is 10.8. The average Bonchev–Trinajstić information content (AvgIpc) is 1.61. The summed E-state index contributed by atoms with van der Waals surface area (Å²) in [5.41, 5.74) is 10.3. The van der Waals surface area contributed by atoms with Crippen LogP contribution in [0.5, 0.6) is 0 Å². The van der Waals surface area contributed by atoms with Crippen LogP contribution in [0.1, 0.15) is 12.8 Å². The van der Waals surface area contributed by atoms with E-state index < -0.39 is 0 Å². The van der Waals surface area contributed by atoms with Crippen LogP contribution in [0.2, 0.25) is 0 Å². The summed E-state index contributed by atoms with van der Waals surface area (Å²) in [6, 6.07) is 0. The molecule has 0 aromatic carbocycles. The Morgan fingerprint density at radius 2 is 1.14 bits per heavy atom. The van der Waals surface area contributed by atoms with Gasteiger partial charge in [-0.05, 0) is 25.9 Å². The summed E-state index contributed by atoms with van der Waals surface area (Å²) >= 11 is 0. The van der Waals surface area contributed by atoms with E-state index >= 15 is 0 Å². The maximum Gasteiger partial charge on any atom is 2.00 e. The SMILES string of the molecule is NCCCCN.[Pt+2]. The summed E-state index contributed by atoms with van der Waals surface area (Å²) in [7, 11) is 0. The zero-order valence-electron chi connectivity index (χ0n) is 4.30. The first kappa shape index (κ1) is 10.6. The number of hydrogen-bond acceptors (Lipinski definition) is 2. The maximum atomic E-state index is 5.16. The fourth-order valence-electron chi connectivity index (χ4n) is 0.289. The van der Waals surface area contributed by atoms with Gasteiger partial charge in [0.25, 0.3) is 0 Å². The van der Waals surface area contributed by atoms with E-state index in [0.29, 0.717) is 0 Å². The molecule has 0 saturated heterocycles. The molecule has 0 rings (SSSR count). The van der Waals surface area contributed by atoms with Gasteiger partial charge < -0.3 is 11.5 Å². The van der Waals surface area contributed by atoms with Crippen molar-refractivity contribution in [1.82, 2.24) is 0 Å². The zero-order chi connectivity index (χ0) is 4.83. The van der Waals surface area contributed by atoms with E-state index in [-0.39, 0.29) is 21.1 Å². The third-order valence-electron chi connectivity index (χ3n) is 0.658. The van der Waals surface area contributed by atoms with E-state index in [1.807, 2.05) is 0 Å². The van der Waals surface area contributed by atoms with Crippen molar-refractivity contribution in [2.45, 2.75) is 12.8 Å².